The first-order valence-electron chi connectivity index (χ1n) is 8.77. The Kier molecular flexibility index (Phi) is 4.57. The van der Waals surface area contributed by atoms with Gasteiger partial charge in [-0.25, -0.2) is 0 Å². The van der Waals surface area contributed by atoms with Gasteiger partial charge in [-0.3, -0.25) is 0 Å². The van der Waals surface area contributed by atoms with Crippen molar-refractivity contribution in [2.45, 2.75) is 39.5 Å². The maximum absolute atomic E-state index is 2.25. The van der Waals surface area contributed by atoms with Crippen LogP contribution in [0.25, 0.3) is 22.3 Å². The minimum absolute atomic E-state index is 0.201. The number of benzene rings is 3. The van der Waals surface area contributed by atoms with Crippen molar-refractivity contribution in [2.24, 2.45) is 0 Å². The molecule has 0 unspecified atom stereocenters. The lowest BCUT2D eigenvalue weighted by atomic mass is 9.86. The van der Waals surface area contributed by atoms with Gasteiger partial charge in [-0.2, -0.15) is 0 Å². The van der Waals surface area contributed by atoms with Gasteiger partial charge in [0.1, 0.15) is 0 Å². The highest BCUT2D eigenvalue weighted by Gasteiger charge is 2.13. The molecule has 24 heavy (non-hydrogen) atoms. The molecule has 0 amide bonds. The fraction of sp³-hybridized carbons (Fsp3) is 0.250. The molecule has 3 aromatic rings. The van der Waals surface area contributed by atoms with Crippen molar-refractivity contribution in [3.8, 4) is 22.3 Å². The van der Waals surface area contributed by atoms with Crippen LogP contribution in [0, 0.1) is 0 Å². The summed E-state index contributed by atoms with van der Waals surface area (Å²) in [6.07, 6.45) is 1.09. The third kappa shape index (κ3) is 3.59. The lowest BCUT2D eigenvalue weighted by molar-refractivity contribution is 0.590. The van der Waals surface area contributed by atoms with Gasteiger partial charge in [-0.1, -0.05) is 100 Å². The van der Waals surface area contributed by atoms with Crippen LogP contribution in [-0.2, 0) is 11.8 Å². The Bertz CT molecular complexity index is 783. The van der Waals surface area contributed by atoms with Gasteiger partial charge in [0.2, 0.25) is 0 Å². The minimum atomic E-state index is 0.201. The summed E-state index contributed by atoms with van der Waals surface area (Å²) in [5.74, 6) is 0. The van der Waals surface area contributed by atoms with Crippen LogP contribution < -0.4 is 0 Å². The smallest absolute Gasteiger partial charge is 0.0132 e. The van der Waals surface area contributed by atoms with Gasteiger partial charge in [0.05, 0.1) is 0 Å². The van der Waals surface area contributed by atoms with Gasteiger partial charge in [-0.15, -0.1) is 0 Å². The molecule has 0 bridgehead atoms. The van der Waals surface area contributed by atoms with E-state index in [0.29, 0.717) is 0 Å². The van der Waals surface area contributed by atoms with Crippen molar-refractivity contribution in [3.05, 3.63) is 83.9 Å². The molecule has 3 aromatic carbocycles. The van der Waals surface area contributed by atoms with E-state index in [1.54, 1.807) is 0 Å². The zero-order valence-electron chi connectivity index (χ0n) is 15.1. The van der Waals surface area contributed by atoms with Crippen molar-refractivity contribution < 1.29 is 0 Å². The SMILES string of the molecule is CCc1ccc(-c2ccc(-c3ccc(C(C)(C)C)cc3)cc2)cc1. The lowest BCUT2D eigenvalue weighted by Crippen LogP contribution is -2.10. The van der Waals surface area contributed by atoms with Crippen molar-refractivity contribution in [2.75, 3.05) is 0 Å². The van der Waals surface area contributed by atoms with Crippen LogP contribution in [-0.4, -0.2) is 0 Å². The molecule has 0 heterocycles. The number of aryl methyl sites for hydroxylation is 1. The normalized spacial score (nSPS) is 11.5. The van der Waals surface area contributed by atoms with E-state index < -0.39 is 0 Å². The van der Waals surface area contributed by atoms with Crippen LogP contribution in [0.1, 0.15) is 38.8 Å². The molecule has 0 spiro atoms. The molecule has 0 atom stereocenters. The molecule has 0 saturated heterocycles. The first-order chi connectivity index (χ1) is 11.5. The Morgan fingerprint density at radius 2 is 0.875 bits per heavy atom. The summed E-state index contributed by atoms with van der Waals surface area (Å²) in [6, 6.07) is 26.7. The fourth-order valence-electron chi connectivity index (χ4n) is 2.95. The maximum atomic E-state index is 2.25. The number of hydrogen-bond acceptors (Lipinski definition) is 0. The third-order valence-electron chi connectivity index (χ3n) is 4.66. The number of rotatable bonds is 3. The van der Waals surface area contributed by atoms with Crippen molar-refractivity contribution in [1.29, 1.82) is 0 Å². The molecule has 0 aliphatic heterocycles. The standard InChI is InChI=1S/C24H26/c1-5-18-6-8-19(9-7-18)20-10-12-21(13-11-20)22-14-16-23(17-15-22)24(2,3)4/h6-17H,5H2,1-4H3. The largest absolute Gasteiger partial charge is 0.0613 e. The summed E-state index contributed by atoms with van der Waals surface area (Å²) in [4.78, 5) is 0. The van der Waals surface area contributed by atoms with E-state index in [-0.39, 0.29) is 5.41 Å². The maximum Gasteiger partial charge on any atom is -0.0132 e. The zero-order valence-corrected chi connectivity index (χ0v) is 15.1. The molecule has 0 saturated carbocycles. The van der Waals surface area contributed by atoms with Gasteiger partial charge < -0.3 is 0 Å². The molecule has 122 valence electrons. The second-order valence-corrected chi connectivity index (χ2v) is 7.46. The Balaban J connectivity index is 1.83. The Labute approximate surface area is 146 Å². The van der Waals surface area contributed by atoms with Crippen LogP contribution in [0.15, 0.2) is 72.8 Å². The Hall–Kier alpha value is -2.34. The van der Waals surface area contributed by atoms with E-state index >= 15 is 0 Å². The molecular weight excluding hydrogens is 288 g/mol. The van der Waals surface area contributed by atoms with Gasteiger partial charge in [0.25, 0.3) is 0 Å². The van der Waals surface area contributed by atoms with Gasteiger partial charge in [0.15, 0.2) is 0 Å². The first-order valence-corrected chi connectivity index (χ1v) is 8.77. The second kappa shape index (κ2) is 6.65. The van der Waals surface area contributed by atoms with E-state index in [0.717, 1.165) is 6.42 Å². The van der Waals surface area contributed by atoms with E-state index in [9.17, 15) is 0 Å². The second-order valence-electron chi connectivity index (χ2n) is 7.46. The summed E-state index contributed by atoms with van der Waals surface area (Å²) in [5, 5.41) is 0. The van der Waals surface area contributed by atoms with Crippen LogP contribution in [0.2, 0.25) is 0 Å². The quantitative estimate of drug-likeness (QED) is 0.494. The third-order valence-corrected chi connectivity index (χ3v) is 4.66. The topological polar surface area (TPSA) is 0 Å². The zero-order chi connectivity index (χ0) is 17.2. The molecular formula is C24H26. The van der Waals surface area contributed by atoms with Crippen LogP contribution in [0.5, 0.6) is 0 Å². The molecule has 0 fully saturated rings. The molecule has 0 nitrogen and oxygen atoms in total. The fourth-order valence-corrected chi connectivity index (χ4v) is 2.95. The van der Waals surface area contributed by atoms with Crippen LogP contribution in [0.4, 0.5) is 0 Å². The Morgan fingerprint density at radius 1 is 0.542 bits per heavy atom. The van der Waals surface area contributed by atoms with Crippen LogP contribution >= 0.6 is 0 Å². The van der Waals surface area contributed by atoms with Crippen LogP contribution in [0.3, 0.4) is 0 Å². The predicted molar refractivity (Wildman–Crippen MR) is 105 cm³/mol. The summed E-state index contributed by atoms with van der Waals surface area (Å²) < 4.78 is 0. The van der Waals surface area contributed by atoms with E-state index in [1.807, 2.05) is 0 Å². The molecule has 0 aliphatic rings. The van der Waals surface area contributed by atoms with Crippen molar-refractivity contribution >= 4 is 0 Å². The molecule has 3 rings (SSSR count). The van der Waals surface area contributed by atoms with Gasteiger partial charge in [0, 0.05) is 0 Å². The predicted octanol–water partition coefficient (Wildman–Crippen LogP) is 6.88. The van der Waals surface area contributed by atoms with Crippen molar-refractivity contribution in [3.63, 3.8) is 0 Å². The van der Waals surface area contributed by atoms with E-state index in [4.69, 9.17) is 0 Å². The summed E-state index contributed by atoms with van der Waals surface area (Å²) in [5.41, 5.74) is 8.05. The average Bonchev–Trinajstić information content (AvgIpc) is 2.61. The van der Waals surface area contributed by atoms with E-state index in [1.165, 1.54) is 33.4 Å². The highest BCUT2D eigenvalue weighted by atomic mass is 14.2. The molecule has 0 N–H and O–H groups in total. The minimum Gasteiger partial charge on any atom is -0.0613 e. The number of hydrogen-bond donors (Lipinski definition) is 0. The summed E-state index contributed by atoms with van der Waals surface area (Å²) >= 11 is 0. The highest BCUT2D eigenvalue weighted by molar-refractivity contribution is 5.70. The monoisotopic (exact) mass is 314 g/mol. The van der Waals surface area contributed by atoms with Gasteiger partial charge in [-0.05, 0) is 45.2 Å². The summed E-state index contributed by atoms with van der Waals surface area (Å²) in [6.45, 7) is 8.94. The molecule has 0 radical (unpaired) electrons. The highest BCUT2D eigenvalue weighted by Crippen LogP contribution is 2.28. The summed E-state index contributed by atoms with van der Waals surface area (Å²) in [7, 11) is 0. The lowest BCUT2D eigenvalue weighted by Gasteiger charge is -2.19. The van der Waals surface area contributed by atoms with Gasteiger partial charge >= 0.3 is 0 Å². The molecule has 0 aliphatic carbocycles. The molecule has 0 aromatic heterocycles. The first kappa shape index (κ1) is 16.5. The van der Waals surface area contributed by atoms with E-state index in [2.05, 4.69) is 100 Å². The Morgan fingerprint density at radius 3 is 1.21 bits per heavy atom. The van der Waals surface area contributed by atoms with Crippen molar-refractivity contribution in [1.82, 2.24) is 0 Å². The average molecular weight is 314 g/mol. The molecule has 0 heteroatoms.